The van der Waals surface area contributed by atoms with E-state index >= 15 is 0 Å². The third-order valence-electron chi connectivity index (χ3n) is 2.24. The molecular formula is C9H17N5O. The number of carbonyl (C=O) groups excluding carboxylic acids is 1. The average molecular weight is 211 g/mol. The van der Waals surface area contributed by atoms with Crippen molar-refractivity contribution in [2.24, 2.45) is 18.7 Å². The van der Waals surface area contributed by atoms with Crippen LogP contribution in [0, 0.1) is 5.92 Å². The molecule has 1 aromatic heterocycles. The fourth-order valence-corrected chi connectivity index (χ4v) is 1.20. The van der Waals surface area contributed by atoms with Gasteiger partial charge in [0, 0.05) is 13.0 Å². The van der Waals surface area contributed by atoms with E-state index in [0.29, 0.717) is 12.5 Å². The second-order valence-electron chi connectivity index (χ2n) is 3.53. The first-order chi connectivity index (χ1) is 7.15. The second-order valence-corrected chi connectivity index (χ2v) is 3.53. The van der Waals surface area contributed by atoms with E-state index in [1.807, 2.05) is 6.92 Å². The third-order valence-corrected chi connectivity index (χ3v) is 2.24. The van der Waals surface area contributed by atoms with Crippen LogP contribution in [-0.2, 0) is 11.8 Å². The molecule has 1 amide bonds. The first-order valence-electron chi connectivity index (χ1n) is 5.00. The first kappa shape index (κ1) is 11.6. The fraction of sp³-hybridized carbons (Fsp3) is 0.667. The summed E-state index contributed by atoms with van der Waals surface area (Å²) in [5, 5.41) is 6.57. The van der Waals surface area contributed by atoms with Crippen LogP contribution in [0.1, 0.15) is 19.8 Å². The zero-order chi connectivity index (χ0) is 11.3. The van der Waals surface area contributed by atoms with Gasteiger partial charge in [-0.3, -0.25) is 10.1 Å². The van der Waals surface area contributed by atoms with E-state index in [0.717, 1.165) is 12.8 Å². The Morgan fingerprint density at radius 1 is 1.73 bits per heavy atom. The summed E-state index contributed by atoms with van der Waals surface area (Å²) in [7, 11) is 1.73. The van der Waals surface area contributed by atoms with Crippen LogP contribution in [0.3, 0.4) is 0 Å². The summed E-state index contributed by atoms with van der Waals surface area (Å²) in [4.78, 5) is 15.5. The number of carbonyl (C=O) groups is 1. The van der Waals surface area contributed by atoms with E-state index in [1.54, 1.807) is 7.05 Å². The zero-order valence-corrected chi connectivity index (χ0v) is 9.10. The number of hydrogen-bond acceptors (Lipinski definition) is 4. The molecule has 6 heteroatoms. The van der Waals surface area contributed by atoms with Crippen molar-refractivity contribution in [1.29, 1.82) is 0 Å². The maximum atomic E-state index is 11.6. The highest BCUT2D eigenvalue weighted by molar-refractivity contribution is 5.90. The normalized spacial score (nSPS) is 12.5. The maximum Gasteiger partial charge on any atom is 0.229 e. The molecule has 0 spiro atoms. The minimum Gasteiger partial charge on any atom is -0.330 e. The lowest BCUT2D eigenvalue weighted by Crippen LogP contribution is -2.23. The molecule has 0 bridgehead atoms. The minimum absolute atomic E-state index is 0.0421. The smallest absolute Gasteiger partial charge is 0.229 e. The summed E-state index contributed by atoms with van der Waals surface area (Å²) < 4.78 is 1.52. The van der Waals surface area contributed by atoms with Crippen molar-refractivity contribution in [2.45, 2.75) is 19.8 Å². The molecule has 0 saturated heterocycles. The summed E-state index contributed by atoms with van der Waals surface area (Å²) in [5.74, 6) is 0.379. The topological polar surface area (TPSA) is 85.8 Å². The number of anilines is 1. The highest BCUT2D eigenvalue weighted by atomic mass is 16.2. The molecule has 3 N–H and O–H groups in total. The van der Waals surface area contributed by atoms with E-state index in [2.05, 4.69) is 15.4 Å². The van der Waals surface area contributed by atoms with E-state index < -0.39 is 0 Å². The molecule has 0 fully saturated rings. The largest absolute Gasteiger partial charge is 0.330 e. The highest BCUT2D eigenvalue weighted by Gasteiger charge is 2.14. The number of rotatable bonds is 5. The maximum absolute atomic E-state index is 11.6. The lowest BCUT2D eigenvalue weighted by atomic mass is 10.1. The second kappa shape index (κ2) is 5.45. The van der Waals surface area contributed by atoms with Crippen LogP contribution < -0.4 is 11.1 Å². The van der Waals surface area contributed by atoms with Crippen LogP contribution >= 0.6 is 0 Å². The Labute approximate surface area is 88.9 Å². The van der Waals surface area contributed by atoms with Crippen molar-refractivity contribution in [2.75, 3.05) is 11.9 Å². The van der Waals surface area contributed by atoms with Gasteiger partial charge in [-0.25, -0.2) is 4.68 Å². The fourth-order valence-electron chi connectivity index (χ4n) is 1.20. The number of hydrogen-bond donors (Lipinski definition) is 2. The molecule has 0 radical (unpaired) electrons. The minimum atomic E-state index is -0.0507. The third kappa shape index (κ3) is 3.32. The lowest BCUT2D eigenvalue weighted by molar-refractivity contribution is -0.119. The zero-order valence-electron chi connectivity index (χ0n) is 9.10. The van der Waals surface area contributed by atoms with Crippen molar-refractivity contribution in [3.8, 4) is 0 Å². The quantitative estimate of drug-likeness (QED) is 0.724. The summed E-state index contributed by atoms with van der Waals surface area (Å²) in [6.07, 6.45) is 3.05. The number of aromatic nitrogens is 3. The van der Waals surface area contributed by atoms with Crippen LogP contribution in [-0.4, -0.2) is 27.2 Å². The van der Waals surface area contributed by atoms with Gasteiger partial charge in [0.1, 0.15) is 6.33 Å². The van der Waals surface area contributed by atoms with Gasteiger partial charge >= 0.3 is 0 Å². The molecule has 0 aromatic carbocycles. The summed E-state index contributed by atoms with van der Waals surface area (Å²) >= 11 is 0. The van der Waals surface area contributed by atoms with Gasteiger partial charge < -0.3 is 5.73 Å². The van der Waals surface area contributed by atoms with Crippen molar-refractivity contribution in [1.82, 2.24) is 14.8 Å². The summed E-state index contributed by atoms with van der Waals surface area (Å²) in [5.41, 5.74) is 5.38. The first-order valence-corrected chi connectivity index (χ1v) is 5.00. The molecule has 0 aliphatic heterocycles. The monoisotopic (exact) mass is 211 g/mol. The Bertz CT molecular complexity index is 322. The molecule has 0 saturated carbocycles. The molecule has 1 aromatic rings. The van der Waals surface area contributed by atoms with Crippen LogP contribution in [0.2, 0.25) is 0 Å². The number of aryl methyl sites for hydroxylation is 1. The summed E-state index contributed by atoms with van der Waals surface area (Å²) in [6, 6.07) is 0. The van der Waals surface area contributed by atoms with Crippen LogP contribution in [0.25, 0.3) is 0 Å². The lowest BCUT2D eigenvalue weighted by Gasteiger charge is -2.10. The van der Waals surface area contributed by atoms with E-state index in [1.165, 1.54) is 11.0 Å². The number of nitrogens with one attached hydrogen (secondary N) is 1. The molecule has 1 rings (SSSR count). The Kier molecular flexibility index (Phi) is 4.23. The van der Waals surface area contributed by atoms with E-state index in [-0.39, 0.29) is 11.8 Å². The molecule has 0 aliphatic carbocycles. The van der Waals surface area contributed by atoms with Crippen molar-refractivity contribution in [3.05, 3.63) is 6.33 Å². The van der Waals surface area contributed by atoms with Crippen LogP contribution in [0.4, 0.5) is 5.95 Å². The van der Waals surface area contributed by atoms with Crippen LogP contribution in [0.15, 0.2) is 6.33 Å². The molecular weight excluding hydrogens is 194 g/mol. The highest BCUT2D eigenvalue weighted by Crippen LogP contribution is 2.08. The van der Waals surface area contributed by atoms with E-state index in [4.69, 9.17) is 5.73 Å². The van der Waals surface area contributed by atoms with E-state index in [9.17, 15) is 4.79 Å². The van der Waals surface area contributed by atoms with Crippen molar-refractivity contribution < 1.29 is 4.79 Å². The van der Waals surface area contributed by atoms with Gasteiger partial charge in [-0.2, -0.15) is 10.1 Å². The predicted octanol–water partition coefficient (Wildman–Crippen LogP) is 0.129. The Morgan fingerprint density at radius 2 is 2.47 bits per heavy atom. The van der Waals surface area contributed by atoms with Crippen molar-refractivity contribution in [3.63, 3.8) is 0 Å². The Balaban J connectivity index is 2.45. The van der Waals surface area contributed by atoms with Gasteiger partial charge in [0.2, 0.25) is 11.9 Å². The molecule has 84 valence electrons. The molecule has 1 atom stereocenters. The SMILES string of the molecule is CC(CCCN)C(=O)Nc1ncnn1C. The van der Waals surface area contributed by atoms with Gasteiger partial charge in [0.15, 0.2) is 0 Å². The molecule has 0 aliphatic rings. The molecule has 6 nitrogen and oxygen atoms in total. The summed E-state index contributed by atoms with van der Waals surface area (Å²) in [6.45, 7) is 2.49. The standard InChI is InChI=1S/C9H17N5O/c1-7(4-3-5-10)8(15)13-9-11-6-12-14(9)2/h6-7H,3-5,10H2,1-2H3,(H,11,12,13,15). The molecule has 1 unspecified atom stereocenters. The Hall–Kier alpha value is -1.43. The number of nitrogens with zero attached hydrogens (tertiary/aromatic N) is 3. The average Bonchev–Trinajstić information content (AvgIpc) is 2.61. The van der Waals surface area contributed by atoms with Gasteiger partial charge in [-0.15, -0.1) is 0 Å². The molecule has 15 heavy (non-hydrogen) atoms. The Morgan fingerprint density at radius 3 is 3.00 bits per heavy atom. The van der Waals surface area contributed by atoms with Gasteiger partial charge in [-0.05, 0) is 19.4 Å². The molecule has 1 heterocycles. The van der Waals surface area contributed by atoms with Gasteiger partial charge in [0.05, 0.1) is 0 Å². The van der Waals surface area contributed by atoms with Gasteiger partial charge in [0.25, 0.3) is 0 Å². The van der Waals surface area contributed by atoms with Crippen LogP contribution in [0.5, 0.6) is 0 Å². The van der Waals surface area contributed by atoms with Crippen molar-refractivity contribution >= 4 is 11.9 Å². The van der Waals surface area contributed by atoms with Gasteiger partial charge in [-0.1, -0.05) is 6.92 Å². The number of amides is 1. The number of nitrogens with two attached hydrogens (primary N) is 1. The predicted molar refractivity (Wildman–Crippen MR) is 57.1 cm³/mol.